The third-order valence-corrected chi connectivity index (χ3v) is 5.37. The van der Waals surface area contributed by atoms with Crippen LogP contribution in [0.1, 0.15) is 70.7 Å². The molecule has 0 fully saturated rings. The second kappa shape index (κ2) is 7.42. The molecule has 3 rings (SSSR count). The normalized spacial score (nSPS) is 16.4. The fourth-order valence-electron chi connectivity index (χ4n) is 3.67. The van der Waals surface area contributed by atoms with Crippen LogP contribution in [0.25, 0.3) is 6.08 Å². The molecule has 4 nitrogen and oxygen atoms in total. The van der Waals surface area contributed by atoms with Gasteiger partial charge in [-0.15, -0.1) is 0 Å². The van der Waals surface area contributed by atoms with E-state index in [1.807, 2.05) is 56.3 Å². The molecule has 0 aliphatic carbocycles. The number of carbonyl (C=O) groups is 1. The Hall–Kier alpha value is -2.88. The standard InChI is InChI=1S/C26H32N2O2/c1-16-10-9-11-19(12-16)28-24(30)20(17(2)27-28)13-18-14-21(25(3,4)5)23(29)22(15-18)26(6,7)8/h9-15,29H,1-8H3. The number of carbonyl (C=O) groups excluding carboxylic acids is 1. The van der Waals surface area contributed by atoms with Crippen molar-refractivity contribution in [2.75, 3.05) is 5.01 Å². The first-order valence-electron chi connectivity index (χ1n) is 10.4. The Morgan fingerprint density at radius 1 is 0.933 bits per heavy atom. The van der Waals surface area contributed by atoms with Crippen LogP contribution in [0.4, 0.5) is 5.69 Å². The quantitative estimate of drug-likeness (QED) is 0.615. The van der Waals surface area contributed by atoms with E-state index in [4.69, 9.17) is 0 Å². The molecule has 0 saturated carbocycles. The van der Waals surface area contributed by atoms with Gasteiger partial charge >= 0.3 is 0 Å². The monoisotopic (exact) mass is 404 g/mol. The Morgan fingerprint density at radius 3 is 2.00 bits per heavy atom. The Morgan fingerprint density at radius 2 is 1.50 bits per heavy atom. The van der Waals surface area contributed by atoms with Gasteiger partial charge in [0.2, 0.25) is 0 Å². The fraction of sp³-hybridized carbons (Fsp3) is 0.385. The Kier molecular flexibility index (Phi) is 5.40. The molecule has 1 N–H and O–H groups in total. The molecule has 1 aliphatic rings. The van der Waals surface area contributed by atoms with E-state index in [0.29, 0.717) is 17.0 Å². The minimum Gasteiger partial charge on any atom is -0.507 e. The molecule has 0 unspecified atom stereocenters. The number of rotatable bonds is 2. The predicted molar refractivity (Wildman–Crippen MR) is 125 cm³/mol. The van der Waals surface area contributed by atoms with E-state index in [0.717, 1.165) is 27.9 Å². The van der Waals surface area contributed by atoms with Gasteiger partial charge in [0.1, 0.15) is 5.75 Å². The molecule has 0 radical (unpaired) electrons. The minimum absolute atomic E-state index is 0.138. The number of hydrogen-bond donors (Lipinski definition) is 1. The second-order valence-electron chi connectivity index (χ2n) is 10.2. The van der Waals surface area contributed by atoms with Gasteiger partial charge in [0.25, 0.3) is 5.91 Å². The molecule has 0 atom stereocenters. The summed E-state index contributed by atoms with van der Waals surface area (Å²) in [5, 5.41) is 16.9. The van der Waals surface area contributed by atoms with Crippen LogP contribution in [0.15, 0.2) is 47.1 Å². The van der Waals surface area contributed by atoms with Crippen LogP contribution in [0.5, 0.6) is 5.75 Å². The number of hydrazone groups is 1. The first kappa shape index (κ1) is 21.8. The largest absolute Gasteiger partial charge is 0.507 e. The highest BCUT2D eigenvalue weighted by atomic mass is 16.3. The third kappa shape index (κ3) is 4.18. The molecule has 30 heavy (non-hydrogen) atoms. The van der Waals surface area contributed by atoms with E-state index in [9.17, 15) is 9.90 Å². The van der Waals surface area contributed by atoms with Crippen molar-refractivity contribution in [3.63, 3.8) is 0 Å². The summed E-state index contributed by atoms with van der Waals surface area (Å²) in [5.74, 6) is 0.197. The zero-order valence-electron chi connectivity index (χ0n) is 19.3. The molecule has 2 aromatic rings. The number of anilines is 1. The molecule has 4 heteroatoms. The summed E-state index contributed by atoms with van der Waals surface area (Å²) < 4.78 is 0. The lowest BCUT2D eigenvalue weighted by Crippen LogP contribution is -2.21. The average Bonchev–Trinajstić information content (AvgIpc) is 2.89. The highest BCUT2D eigenvalue weighted by Crippen LogP contribution is 2.40. The molecule has 0 aromatic heterocycles. The Labute approximate surface area is 179 Å². The number of phenols is 1. The summed E-state index contributed by atoms with van der Waals surface area (Å²) in [7, 11) is 0. The first-order valence-corrected chi connectivity index (χ1v) is 10.4. The number of benzene rings is 2. The Balaban J connectivity index is 2.11. The van der Waals surface area contributed by atoms with E-state index in [1.165, 1.54) is 5.01 Å². The average molecular weight is 405 g/mol. The predicted octanol–water partition coefficient (Wildman–Crippen LogP) is 6.10. The SMILES string of the molecule is CC1=NN(c2cccc(C)c2)C(=O)C1=Cc1cc(C(C)(C)C)c(O)c(C(C)(C)C)c1. The lowest BCUT2D eigenvalue weighted by atomic mass is 9.78. The number of amides is 1. The Bertz CT molecular complexity index is 1030. The van der Waals surface area contributed by atoms with E-state index in [-0.39, 0.29) is 16.7 Å². The van der Waals surface area contributed by atoms with E-state index >= 15 is 0 Å². The van der Waals surface area contributed by atoms with Crippen LogP contribution in [0, 0.1) is 6.92 Å². The lowest BCUT2D eigenvalue weighted by Gasteiger charge is -2.28. The maximum Gasteiger partial charge on any atom is 0.280 e. The smallest absolute Gasteiger partial charge is 0.280 e. The molecule has 0 bridgehead atoms. The molecule has 1 aliphatic heterocycles. The van der Waals surface area contributed by atoms with E-state index < -0.39 is 0 Å². The van der Waals surface area contributed by atoms with E-state index in [1.54, 1.807) is 0 Å². The van der Waals surface area contributed by atoms with Gasteiger partial charge in [0, 0.05) is 11.1 Å². The van der Waals surface area contributed by atoms with Crippen molar-refractivity contribution in [1.29, 1.82) is 0 Å². The van der Waals surface area contributed by atoms with Gasteiger partial charge < -0.3 is 5.11 Å². The van der Waals surface area contributed by atoms with Gasteiger partial charge in [0.05, 0.1) is 17.0 Å². The molecule has 1 heterocycles. The maximum atomic E-state index is 13.2. The highest BCUT2D eigenvalue weighted by Gasteiger charge is 2.30. The van der Waals surface area contributed by atoms with Gasteiger partial charge in [-0.2, -0.15) is 10.1 Å². The van der Waals surface area contributed by atoms with Gasteiger partial charge in [-0.05, 0) is 66.1 Å². The molecule has 1 amide bonds. The molecular formula is C26H32N2O2. The first-order chi connectivity index (χ1) is 13.8. The summed E-state index contributed by atoms with van der Waals surface area (Å²) >= 11 is 0. The van der Waals surface area contributed by atoms with Crippen LogP contribution in [0.2, 0.25) is 0 Å². The van der Waals surface area contributed by atoms with Gasteiger partial charge in [0.15, 0.2) is 0 Å². The topological polar surface area (TPSA) is 52.9 Å². The summed E-state index contributed by atoms with van der Waals surface area (Å²) in [4.78, 5) is 13.2. The summed E-state index contributed by atoms with van der Waals surface area (Å²) in [6, 6.07) is 11.7. The second-order valence-corrected chi connectivity index (χ2v) is 10.2. The number of nitrogens with zero attached hydrogens (tertiary/aromatic N) is 2. The molecule has 0 spiro atoms. The number of aromatic hydroxyl groups is 1. The maximum absolute atomic E-state index is 13.2. The van der Waals surface area contributed by atoms with Gasteiger partial charge in [-0.3, -0.25) is 4.79 Å². The van der Waals surface area contributed by atoms with Crippen molar-refractivity contribution in [2.24, 2.45) is 5.10 Å². The summed E-state index contributed by atoms with van der Waals surface area (Å²) in [6.07, 6.45) is 1.89. The lowest BCUT2D eigenvalue weighted by molar-refractivity contribution is -0.114. The van der Waals surface area contributed by atoms with Gasteiger partial charge in [-0.25, -0.2) is 0 Å². The third-order valence-electron chi connectivity index (χ3n) is 5.37. The van der Waals surface area contributed by atoms with Crippen molar-refractivity contribution in [3.05, 3.63) is 64.2 Å². The van der Waals surface area contributed by atoms with Crippen molar-refractivity contribution >= 4 is 23.4 Å². The van der Waals surface area contributed by atoms with E-state index in [2.05, 4.69) is 46.6 Å². The van der Waals surface area contributed by atoms with Crippen LogP contribution >= 0.6 is 0 Å². The van der Waals surface area contributed by atoms with Crippen LogP contribution in [-0.4, -0.2) is 16.7 Å². The fourth-order valence-corrected chi connectivity index (χ4v) is 3.67. The molecule has 2 aromatic carbocycles. The zero-order chi connectivity index (χ0) is 22.4. The van der Waals surface area contributed by atoms with Crippen molar-refractivity contribution in [2.45, 2.75) is 66.2 Å². The van der Waals surface area contributed by atoms with Crippen molar-refractivity contribution < 1.29 is 9.90 Å². The summed E-state index contributed by atoms with van der Waals surface area (Å²) in [5.41, 5.74) is 5.28. The number of aryl methyl sites for hydroxylation is 1. The minimum atomic E-state index is -0.227. The number of hydrogen-bond acceptors (Lipinski definition) is 3. The van der Waals surface area contributed by atoms with Crippen molar-refractivity contribution in [3.8, 4) is 5.75 Å². The van der Waals surface area contributed by atoms with Gasteiger partial charge in [-0.1, -0.05) is 53.7 Å². The molecular weight excluding hydrogens is 372 g/mol. The van der Waals surface area contributed by atoms with Crippen molar-refractivity contribution in [1.82, 2.24) is 0 Å². The highest BCUT2D eigenvalue weighted by molar-refractivity contribution is 6.32. The zero-order valence-corrected chi connectivity index (χ0v) is 19.3. The molecule has 0 saturated heterocycles. The molecule has 158 valence electrons. The summed E-state index contributed by atoms with van der Waals surface area (Å²) in [6.45, 7) is 16.3. The number of phenolic OH excluding ortho intramolecular Hbond substituents is 1. The van der Waals surface area contributed by atoms with Crippen LogP contribution in [-0.2, 0) is 15.6 Å². The van der Waals surface area contributed by atoms with Crippen LogP contribution in [0.3, 0.4) is 0 Å². The van der Waals surface area contributed by atoms with Crippen LogP contribution < -0.4 is 5.01 Å².